The summed E-state index contributed by atoms with van der Waals surface area (Å²) in [5.74, 6) is 0.991. The summed E-state index contributed by atoms with van der Waals surface area (Å²) in [4.78, 5) is 11.0. The van der Waals surface area contributed by atoms with E-state index in [0.717, 1.165) is 42.4 Å². The zero-order valence-corrected chi connectivity index (χ0v) is 13.4. The van der Waals surface area contributed by atoms with Gasteiger partial charge in [-0.1, -0.05) is 0 Å². The molecule has 0 radical (unpaired) electrons. The van der Waals surface area contributed by atoms with Crippen LogP contribution in [0, 0.1) is 0 Å². The third-order valence-electron chi connectivity index (χ3n) is 4.18. The molecule has 0 atom stereocenters. The molecule has 0 unspecified atom stereocenters. The number of hydrogen-bond donors (Lipinski definition) is 1. The van der Waals surface area contributed by atoms with Crippen LogP contribution in [0.5, 0.6) is 0 Å². The van der Waals surface area contributed by atoms with Gasteiger partial charge in [-0.15, -0.1) is 5.10 Å². The molecule has 0 spiro atoms. The molecule has 23 heavy (non-hydrogen) atoms. The van der Waals surface area contributed by atoms with Crippen LogP contribution in [0.2, 0.25) is 0 Å². The minimum atomic E-state index is 0.103. The molecule has 1 saturated heterocycles. The van der Waals surface area contributed by atoms with Crippen molar-refractivity contribution in [3.05, 3.63) is 42.9 Å². The van der Waals surface area contributed by atoms with Crippen molar-refractivity contribution in [3.63, 3.8) is 0 Å². The van der Waals surface area contributed by atoms with E-state index >= 15 is 0 Å². The van der Waals surface area contributed by atoms with Crippen LogP contribution in [0.1, 0.15) is 13.8 Å². The smallest absolute Gasteiger partial charge is 0.154 e. The predicted molar refractivity (Wildman–Crippen MR) is 90.5 cm³/mol. The molecule has 0 bridgehead atoms. The molecule has 1 fully saturated rings. The summed E-state index contributed by atoms with van der Waals surface area (Å²) < 4.78 is 1.86. The van der Waals surface area contributed by atoms with Crippen LogP contribution in [-0.2, 0) is 0 Å². The first-order valence-corrected chi connectivity index (χ1v) is 7.88. The summed E-state index contributed by atoms with van der Waals surface area (Å²) in [7, 11) is 0. The number of nitrogens with one attached hydrogen (secondary N) is 1. The molecule has 3 aromatic rings. The van der Waals surface area contributed by atoms with Crippen molar-refractivity contribution in [3.8, 4) is 11.3 Å². The number of fused-ring (bicyclic) bond motifs is 1. The Morgan fingerprint density at radius 1 is 1.13 bits per heavy atom. The third kappa shape index (κ3) is 2.77. The fraction of sp³-hybridized carbons (Fsp3) is 0.353. The van der Waals surface area contributed by atoms with Gasteiger partial charge in [0.1, 0.15) is 5.82 Å². The number of pyridine rings is 1. The molecule has 0 aromatic carbocycles. The molecular formula is C17H20N6. The maximum Gasteiger partial charge on any atom is 0.154 e. The number of aromatic nitrogens is 4. The van der Waals surface area contributed by atoms with Gasteiger partial charge in [-0.25, -0.2) is 9.50 Å². The Bertz CT molecular complexity index is 823. The molecule has 0 saturated carbocycles. The fourth-order valence-corrected chi connectivity index (χ4v) is 3.04. The average molecular weight is 308 g/mol. The van der Waals surface area contributed by atoms with E-state index in [9.17, 15) is 0 Å². The summed E-state index contributed by atoms with van der Waals surface area (Å²) in [5.41, 5.74) is 2.93. The van der Waals surface area contributed by atoms with Gasteiger partial charge in [0.2, 0.25) is 0 Å². The standard InChI is InChI=1S/C17H20N6/c1-17(2)12-22(10-9-19-17)16-4-3-15-20-14(11-23(15)21-16)13-5-7-18-8-6-13/h3-8,11,19H,9-10,12H2,1-2H3. The Kier molecular flexibility index (Phi) is 3.27. The number of nitrogens with zero attached hydrogens (tertiary/aromatic N) is 5. The predicted octanol–water partition coefficient (Wildman–Crippen LogP) is 1.98. The van der Waals surface area contributed by atoms with Crippen molar-refractivity contribution < 1.29 is 0 Å². The van der Waals surface area contributed by atoms with E-state index in [0.29, 0.717) is 0 Å². The van der Waals surface area contributed by atoms with Gasteiger partial charge in [-0.05, 0) is 38.1 Å². The van der Waals surface area contributed by atoms with Crippen LogP contribution in [0.15, 0.2) is 42.9 Å². The second kappa shape index (κ2) is 5.31. The maximum absolute atomic E-state index is 4.75. The van der Waals surface area contributed by atoms with Crippen molar-refractivity contribution >= 4 is 11.5 Å². The molecule has 1 aliphatic heterocycles. The lowest BCUT2D eigenvalue weighted by Crippen LogP contribution is -2.57. The summed E-state index contributed by atoms with van der Waals surface area (Å²) in [6.07, 6.45) is 5.53. The highest BCUT2D eigenvalue weighted by Gasteiger charge is 2.26. The second-order valence-electron chi connectivity index (χ2n) is 6.59. The molecule has 118 valence electrons. The van der Waals surface area contributed by atoms with E-state index < -0.39 is 0 Å². The van der Waals surface area contributed by atoms with Gasteiger partial charge in [-0.3, -0.25) is 4.98 Å². The molecule has 0 amide bonds. The minimum absolute atomic E-state index is 0.103. The Morgan fingerprint density at radius 2 is 1.96 bits per heavy atom. The highest BCUT2D eigenvalue weighted by molar-refractivity contribution is 5.62. The van der Waals surface area contributed by atoms with E-state index in [1.54, 1.807) is 12.4 Å². The van der Waals surface area contributed by atoms with E-state index in [1.165, 1.54) is 0 Å². The van der Waals surface area contributed by atoms with Gasteiger partial charge >= 0.3 is 0 Å². The second-order valence-corrected chi connectivity index (χ2v) is 6.59. The first kappa shape index (κ1) is 14.1. The zero-order chi connectivity index (χ0) is 15.9. The van der Waals surface area contributed by atoms with Crippen molar-refractivity contribution in [2.75, 3.05) is 24.5 Å². The van der Waals surface area contributed by atoms with E-state index in [-0.39, 0.29) is 5.54 Å². The topological polar surface area (TPSA) is 58.4 Å². The van der Waals surface area contributed by atoms with Gasteiger partial charge in [0.15, 0.2) is 5.65 Å². The van der Waals surface area contributed by atoms with Crippen molar-refractivity contribution in [2.45, 2.75) is 19.4 Å². The number of imidazole rings is 1. The Labute approximate surface area is 135 Å². The van der Waals surface area contributed by atoms with Gasteiger partial charge in [-0.2, -0.15) is 0 Å². The number of hydrogen-bond acceptors (Lipinski definition) is 5. The summed E-state index contributed by atoms with van der Waals surface area (Å²) in [6, 6.07) is 8.01. The fourth-order valence-electron chi connectivity index (χ4n) is 3.04. The molecule has 6 nitrogen and oxygen atoms in total. The maximum atomic E-state index is 4.75. The summed E-state index contributed by atoms with van der Waals surface area (Å²) in [5, 5.41) is 8.27. The van der Waals surface area contributed by atoms with Crippen LogP contribution in [0.4, 0.5) is 5.82 Å². The number of rotatable bonds is 2. The Hall–Kier alpha value is -2.47. The molecule has 0 aliphatic carbocycles. The van der Waals surface area contributed by atoms with Gasteiger partial charge in [0, 0.05) is 43.1 Å². The molecule has 3 aromatic heterocycles. The quantitative estimate of drug-likeness (QED) is 0.784. The first-order valence-electron chi connectivity index (χ1n) is 7.88. The average Bonchev–Trinajstić information content (AvgIpc) is 2.98. The van der Waals surface area contributed by atoms with Crippen LogP contribution in [-0.4, -0.2) is 44.8 Å². The minimum Gasteiger partial charge on any atom is -0.352 e. The summed E-state index contributed by atoms with van der Waals surface area (Å²) >= 11 is 0. The van der Waals surface area contributed by atoms with Gasteiger partial charge < -0.3 is 10.2 Å². The monoisotopic (exact) mass is 308 g/mol. The number of anilines is 1. The first-order chi connectivity index (χ1) is 11.1. The van der Waals surface area contributed by atoms with E-state index in [4.69, 9.17) is 5.10 Å². The van der Waals surface area contributed by atoms with Crippen LogP contribution < -0.4 is 10.2 Å². The molecule has 1 N–H and O–H groups in total. The summed E-state index contributed by atoms with van der Waals surface area (Å²) in [6.45, 7) is 7.32. The zero-order valence-electron chi connectivity index (χ0n) is 13.4. The molecule has 4 heterocycles. The van der Waals surface area contributed by atoms with E-state index in [1.807, 2.05) is 28.9 Å². The lowest BCUT2D eigenvalue weighted by molar-refractivity contribution is 0.351. The van der Waals surface area contributed by atoms with Crippen LogP contribution in [0.25, 0.3) is 16.9 Å². The van der Waals surface area contributed by atoms with Crippen molar-refractivity contribution in [1.29, 1.82) is 0 Å². The molecule has 4 rings (SSSR count). The van der Waals surface area contributed by atoms with Gasteiger partial charge in [0.05, 0.1) is 11.9 Å². The van der Waals surface area contributed by atoms with Crippen LogP contribution >= 0.6 is 0 Å². The molecular weight excluding hydrogens is 288 g/mol. The van der Waals surface area contributed by atoms with Crippen LogP contribution in [0.3, 0.4) is 0 Å². The lowest BCUT2D eigenvalue weighted by atomic mass is 10.0. The van der Waals surface area contributed by atoms with Crippen molar-refractivity contribution in [1.82, 2.24) is 24.9 Å². The van der Waals surface area contributed by atoms with E-state index in [2.05, 4.69) is 40.1 Å². The SMILES string of the molecule is CC1(C)CN(c2ccc3nc(-c4ccncc4)cn3n2)CCN1. The third-order valence-corrected chi connectivity index (χ3v) is 4.18. The largest absolute Gasteiger partial charge is 0.352 e. The molecule has 1 aliphatic rings. The van der Waals surface area contributed by atoms with Crippen molar-refractivity contribution in [2.24, 2.45) is 0 Å². The Morgan fingerprint density at radius 3 is 2.74 bits per heavy atom. The lowest BCUT2D eigenvalue weighted by Gasteiger charge is -2.39. The number of piperazine rings is 1. The highest BCUT2D eigenvalue weighted by atomic mass is 15.3. The highest BCUT2D eigenvalue weighted by Crippen LogP contribution is 2.21. The molecule has 6 heteroatoms. The Balaban J connectivity index is 1.68. The van der Waals surface area contributed by atoms with Gasteiger partial charge in [0.25, 0.3) is 0 Å². The normalized spacial score (nSPS) is 17.6.